The second-order valence-electron chi connectivity index (χ2n) is 6.47. The molecule has 1 aromatic rings. The van der Waals surface area contributed by atoms with E-state index in [-0.39, 0.29) is 6.61 Å². The lowest BCUT2D eigenvalue weighted by atomic mass is 9.90. The van der Waals surface area contributed by atoms with Gasteiger partial charge in [-0.15, -0.1) is 0 Å². The van der Waals surface area contributed by atoms with Crippen LogP contribution in [0.1, 0.15) is 46.1 Å². The van der Waals surface area contributed by atoms with E-state index < -0.39 is 5.54 Å². The Morgan fingerprint density at radius 3 is 2.14 bits per heavy atom. The van der Waals surface area contributed by atoms with Gasteiger partial charge >= 0.3 is 0 Å². The minimum Gasteiger partial charge on any atom is -0.394 e. The van der Waals surface area contributed by atoms with Gasteiger partial charge in [-0.25, -0.2) is 0 Å². The number of rotatable bonds is 9. The zero-order chi connectivity index (χ0) is 15.9. The van der Waals surface area contributed by atoms with Gasteiger partial charge in [0.15, 0.2) is 0 Å². The molecule has 1 unspecified atom stereocenters. The highest BCUT2D eigenvalue weighted by atomic mass is 16.3. The summed E-state index contributed by atoms with van der Waals surface area (Å²) in [6.07, 6.45) is 2.22. The van der Waals surface area contributed by atoms with Crippen LogP contribution in [0.25, 0.3) is 0 Å². The van der Waals surface area contributed by atoms with Crippen LogP contribution in [-0.4, -0.2) is 35.7 Å². The normalized spacial score (nSPS) is 14.9. The van der Waals surface area contributed by atoms with Crippen LogP contribution in [0.5, 0.6) is 0 Å². The Morgan fingerprint density at radius 1 is 1.14 bits per heavy atom. The van der Waals surface area contributed by atoms with Gasteiger partial charge in [0.2, 0.25) is 0 Å². The number of hydrogen-bond acceptors (Lipinski definition) is 3. The molecule has 0 aliphatic carbocycles. The molecule has 1 rings (SSSR count). The Bertz CT molecular complexity index is 389. The Balaban J connectivity index is 2.97. The first kappa shape index (κ1) is 18.1. The van der Waals surface area contributed by atoms with Crippen molar-refractivity contribution >= 4 is 0 Å². The third kappa shape index (κ3) is 5.10. The molecule has 21 heavy (non-hydrogen) atoms. The molecule has 0 bridgehead atoms. The lowest BCUT2D eigenvalue weighted by molar-refractivity contribution is 0.0926. The second kappa shape index (κ2) is 8.52. The molecule has 3 N–H and O–H groups in total. The van der Waals surface area contributed by atoms with E-state index in [1.54, 1.807) is 0 Å². The van der Waals surface area contributed by atoms with E-state index in [0.29, 0.717) is 18.5 Å². The number of aliphatic hydroxyl groups excluding tert-OH is 1. The van der Waals surface area contributed by atoms with Gasteiger partial charge in [-0.2, -0.15) is 0 Å². The SMILES string of the molecule is CCC(CC)N(CC(C)C)CC(N)(CO)c1ccccc1. The smallest absolute Gasteiger partial charge is 0.0773 e. The number of aliphatic hydroxyl groups is 1. The number of nitrogens with two attached hydrogens (primary N) is 1. The number of benzene rings is 1. The molecule has 0 aliphatic heterocycles. The van der Waals surface area contributed by atoms with Crippen molar-refractivity contribution in [2.75, 3.05) is 19.7 Å². The summed E-state index contributed by atoms with van der Waals surface area (Å²) in [6, 6.07) is 10.5. The van der Waals surface area contributed by atoms with Crippen molar-refractivity contribution in [1.82, 2.24) is 4.90 Å². The van der Waals surface area contributed by atoms with Crippen LogP contribution in [0, 0.1) is 5.92 Å². The Labute approximate surface area is 130 Å². The Kier molecular flexibility index (Phi) is 7.36. The maximum absolute atomic E-state index is 9.90. The third-order valence-corrected chi connectivity index (χ3v) is 4.17. The monoisotopic (exact) mass is 292 g/mol. The molecule has 120 valence electrons. The van der Waals surface area contributed by atoms with E-state index in [0.717, 1.165) is 24.9 Å². The first-order valence-corrected chi connectivity index (χ1v) is 8.16. The highest BCUT2D eigenvalue weighted by molar-refractivity contribution is 5.24. The van der Waals surface area contributed by atoms with Crippen LogP contribution in [0.4, 0.5) is 0 Å². The van der Waals surface area contributed by atoms with Gasteiger partial charge < -0.3 is 10.8 Å². The molecule has 0 fully saturated rings. The van der Waals surface area contributed by atoms with Crippen LogP contribution in [0.3, 0.4) is 0 Å². The molecule has 0 aromatic heterocycles. The molecule has 0 heterocycles. The Hall–Kier alpha value is -0.900. The van der Waals surface area contributed by atoms with Crippen LogP contribution >= 0.6 is 0 Å². The average Bonchev–Trinajstić information content (AvgIpc) is 2.48. The van der Waals surface area contributed by atoms with Crippen molar-refractivity contribution in [1.29, 1.82) is 0 Å². The highest BCUT2D eigenvalue weighted by Gasteiger charge is 2.31. The molecule has 1 aromatic carbocycles. The summed E-state index contributed by atoms with van der Waals surface area (Å²) in [6.45, 7) is 10.6. The molecular formula is C18H32N2O. The summed E-state index contributed by atoms with van der Waals surface area (Å²) >= 11 is 0. The van der Waals surface area contributed by atoms with Crippen molar-refractivity contribution in [3.8, 4) is 0 Å². The van der Waals surface area contributed by atoms with Gasteiger partial charge in [0, 0.05) is 19.1 Å². The lowest BCUT2D eigenvalue weighted by Gasteiger charge is -2.39. The molecule has 0 radical (unpaired) electrons. The van der Waals surface area contributed by atoms with Crippen molar-refractivity contribution < 1.29 is 5.11 Å². The van der Waals surface area contributed by atoms with Gasteiger partial charge in [-0.1, -0.05) is 58.0 Å². The van der Waals surface area contributed by atoms with E-state index in [1.165, 1.54) is 0 Å². The van der Waals surface area contributed by atoms with Crippen LogP contribution in [0.15, 0.2) is 30.3 Å². The fraction of sp³-hybridized carbons (Fsp3) is 0.667. The van der Waals surface area contributed by atoms with E-state index in [2.05, 4.69) is 32.6 Å². The van der Waals surface area contributed by atoms with Crippen molar-refractivity contribution in [3.05, 3.63) is 35.9 Å². The Morgan fingerprint density at radius 2 is 1.71 bits per heavy atom. The highest BCUT2D eigenvalue weighted by Crippen LogP contribution is 2.22. The fourth-order valence-corrected chi connectivity index (χ4v) is 2.98. The summed E-state index contributed by atoms with van der Waals surface area (Å²) < 4.78 is 0. The minimum absolute atomic E-state index is 0.0360. The fourth-order valence-electron chi connectivity index (χ4n) is 2.98. The van der Waals surface area contributed by atoms with E-state index in [4.69, 9.17) is 5.73 Å². The standard InChI is InChI=1S/C18H32N2O/c1-5-17(6-2)20(12-15(3)4)13-18(19,14-21)16-10-8-7-9-11-16/h7-11,15,17,21H,5-6,12-14,19H2,1-4H3. The van der Waals surface area contributed by atoms with Gasteiger partial charge in [0.1, 0.15) is 0 Å². The summed E-state index contributed by atoms with van der Waals surface area (Å²) in [5.74, 6) is 0.587. The molecule has 0 spiro atoms. The van der Waals surface area contributed by atoms with Gasteiger partial charge in [0.05, 0.1) is 12.1 Å². The van der Waals surface area contributed by atoms with Gasteiger partial charge in [-0.05, 0) is 24.3 Å². The second-order valence-corrected chi connectivity index (χ2v) is 6.47. The molecule has 0 saturated carbocycles. The zero-order valence-electron chi connectivity index (χ0n) is 14.0. The average molecular weight is 292 g/mol. The molecule has 3 heteroatoms. The number of hydrogen-bond donors (Lipinski definition) is 2. The molecular weight excluding hydrogens is 260 g/mol. The minimum atomic E-state index is -0.696. The predicted octanol–water partition coefficient (Wildman–Crippen LogP) is 2.98. The van der Waals surface area contributed by atoms with Crippen LogP contribution < -0.4 is 5.73 Å². The van der Waals surface area contributed by atoms with Gasteiger partial charge in [-0.3, -0.25) is 4.90 Å². The first-order valence-electron chi connectivity index (χ1n) is 8.16. The first-order chi connectivity index (χ1) is 9.96. The zero-order valence-corrected chi connectivity index (χ0v) is 14.0. The predicted molar refractivity (Wildman–Crippen MR) is 90.2 cm³/mol. The molecule has 0 saturated heterocycles. The van der Waals surface area contributed by atoms with Crippen molar-refractivity contribution in [2.24, 2.45) is 11.7 Å². The van der Waals surface area contributed by atoms with Gasteiger partial charge in [0.25, 0.3) is 0 Å². The third-order valence-electron chi connectivity index (χ3n) is 4.17. The molecule has 0 amide bonds. The molecule has 0 aliphatic rings. The van der Waals surface area contributed by atoms with Crippen LogP contribution in [-0.2, 0) is 5.54 Å². The summed E-state index contributed by atoms with van der Waals surface area (Å²) in [5.41, 5.74) is 6.86. The summed E-state index contributed by atoms with van der Waals surface area (Å²) in [7, 11) is 0. The quantitative estimate of drug-likeness (QED) is 0.735. The molecule has 3 nitrogen and oxygen atoms in total. The van der Waals surface area contributed by atoms with Crippen LogP contribution in [0.2, 0.25) is 0 Å². The molecule has 1 atom stereocenters. The largest absolute Gasteiger partial charge is 0.394 e. The van der Waals surface area contributed by atoms with Crippen molar-refractivity contribution in [3.63, 3.8) is 0 Å². The number of nitrogens with zero attached hydrogens (tertiary/aromatic N) is 1. The summed E-state index contributed by atoms with van der Waals surface area (Å²) in [5, 5.41) is 9.90. The van der Waals surface area contributed by atoms with E-state index in [1.807, 2.05) is 30.3 Å². The maximum atomic E-state index is 9.90. The summed E-state index contributed by atoms with van der Waals surface area (Å²) in [4.78, 5) is 2.45. The topological polar surface area (TPSA) is 49.5 Å². The maximum Gasteiger partial charge on any atom is 0.0773 e. The van der Waals surface area contributed by atoms with E-state index >= 15 is 0 Å². The lowest BCUT2D eigenvalue weighted by Crippen LogP contribution is -2.53. The van der Waals surface area contributed by atoms with E-state index in [9.17, 15) is 5.11 Å². The van der Waals surface area contributed by atoms with Crippen molar-refractivity contribution in [2.45, 2.75) is 52.1 Å².